The van der Waals surface area contributed by atoms with Gasteiger partial charge in [-0.1, -0.05) is 73.7 Å². The molecule has 0 aliphatic heterocycles. The van der Waals surface area contributed by atoms with Gasteiger partial charge in [-0.3, -0.25) is 0 Å². The summed E-state index contributed by atoms with van der Waals surface area (Å²) < 4.78 is 14.8. The van der Waals surface area contributed by atoms with Crippen molar-refractivity contribution in [3.63, 3.8) is 0 Å². The van der Waals surface area contributed by atoms with Gasteiger partial charge in [0.05, 0.1) is 15.7 Å². The zero-order valence-electron chi connectivity index (χ0n) is 16.0. The molecule has 27 heavy (non-hydrogen) atoms. The van der Waals surface area contributed by atoms with Crippen molar-refractivity contribution in [2.45, 2.75) is 74.8 Å². The van der Waals surface area contributed by atoms with Crippen molar-refractivity contribution in [1.29, 1.82) is 0 Å². The molecule has 2 aliphatic carbocycles. The average Bonchev–Trinajstić information content (AvgIpc) is 2.69. The number of halogens is 1. The van der Waals surface area contributed by atoms with Gasteiger partial charge in [-0.05, 0) is 65.8 Å². The van der Waals surface area contributed by atoms with Crippen LogP contribution in [0.25, 0.3) is 11.1 Å². The fourth-order valence-electron chi connectivity index (χ4n) is 4.87. The summed E-state index contributed by atoms with van der Waals surface area (Å²) in [6.07, 6.45) is 8.58. The summed E-state index contributed by atoms with van der Waals surface area (Å²) in [6.45, 7) is 0. The van der Waals surface area contributed by atoms with Crippen LogP contribution in [-0.2, 0) is 0 Å². The molecule has 2 saturated carbocycles. The highest BCUT2D eigenvalue weighted by Gasteiger charge is 2.22. The van der Waals surface area contributed by atoms with Crippen LogP contribution in [0.1, 0.15) is 74.3 Å². The maximum absolute atomic E-state index is 14.8. The third-order valence-corrected chi connectivity index (χ3v) is 6.70. The molecule has 0 saturated heterocycles. The maximum atomic E-state index is 14.8. The largest absolute Gasteiger partial charge is 0.207 e. The molecular weight excluding hydrogens is 329 g/mol. The predicted octanol–water partition coefficient (Wildman–Crippen LogP) is 6.72. The van der Waals surface area contributed by atoms with Crippen molar-refractivity contribution < 1.29 is 4.39 Å². The minimum Gasteiger partial charge on any atom is -0.207 e. The number of rotatable bonds is 3. The Labute approximate surface area is 165 Å². The third-order valence-electron chi connectivity index (χ3n) is 6.70. The molecular formula is C24H27B2F. The van der Waals surface area contributed by atoms with Crippen LogP contribution in [0.3, 0.4) is 0 Å². The van der Waals surface area contributed by atoms with Crippen molar-refractivity contribution in [2.75, 3.05) is 0 Å². The monoisotopic (exact) mass is 356 g/mol. The molecule has 0 spiro atoms. The van der Waals surface area contributed by atoms with Crippen LogP contribution in [0, 0.1) is 5.82 Å². The summed E-state index contributed by atoms with van der Waals surface area (Å²) in [5.74, 6) is 1.54. The van der Waals surface area contributed by atoms with Crippen molar-refractivity contribution >= 4 is 15.7 Å². The molecule has 0 atom stereocenters. The zero-order chi connectivity index (χ0) is 18.8. The molecule has 0 amide bonds. The van der Waals surface area contributed by atoms with Crippen LogP contribution in [0.15, 0.2) is 42.5 Å². The van der Waals surface area contributed by atoms with E-state index in [1.165, 1.54) is 18.4 Å². The van der Waals surface area contributed by atoms with Crippen LogP contribution >= 0.6 is 0 Å². The molecule has 0 heterocycles. The summed E-state index contributed by atoms with van der Waals surface area (Å²) in [6, 6.07) is 14.5. The SMILES string of the molecule is [B]C1CCC(c2ccc(-c3ccc(C4CCC([B])CC4)c(F)c3)cc2)CC1. The Bertz CT molecular complexity index is 754. The van der Waals surface area contributed by atoms with Gasteiger partial charge in [0.1, 0.15) is 5.82 Å². The number of benzene rings is 2. The molecule has 4 rings (SSSR count). The first-order valence-corrected chi connectivity index (χ1v) is 10.5. The Morgan fingerprint density at radius 2 is 1.15 bits per heavy atom. The summed E-state index contributed by atoms with van der Waals surface area (Å²) in [5.41, 5.74) is 4.30. The van der Waals surface area contributed by atoms with E-state index in [9.17, 15) is 4.39 Å². The molecule has 0 unspecified atom stereocenters. The molecule has 3 heteroatoms. The van der Waals surface area contributed by atoms with Crippen molar-refractivity contribution in [2.24, 2.45) is 0 Å². The number of hydrogen-bond acceptors (Lipinski definition) is 0. The van der Waals surface area contributed by atoms with Gasteiger partial charge < -0.3 is 0 Å². The summed E-state index contributed by atoms with van der Waals surface area (Å²) in [4.78, 5) is 0. The fourth-order valence-corrected chi connectivity index (χ4v) is 4.87. The van der Waals surface area contributed by atoms with Gasteiger partial charge in [0, 0.05) is 0 Å². The van der Waals surface area contributed by atoms with E-state index in [1.54, 1.807) is 6.07 Å². The highest BCUT2D eigenvalue weighted by molar-refractivity contribution is 6.11. The van der Waals surface area contributed by atoms with Crippen LogP contribution in [0.4, 0.5) is 4.39 Å². The second-order valence-electron chi connectivity index (χ2n) is 8.58. The first-order valence-electron chi connectivity index (χ1n) is 10.5. The van der Waals surface area contributed by atoms with Crippen molar-refractivity contribution in [3.05, 3.63) is 59.4 Å². The van der Waals surface area contributed by atoms with E-state index in [1.807, 2.05) is 6.07 Å². The second-order valence-corrected chi connectivity index (χ2v) is 8.58. The minimum absolute atomic E-state index is 0.0710. The third kappa shape index (κ3) is 4.33. The number of hydrogen-bond donors (Lipinski definition) is 0. The molecule has 0 nitrogen and oxygen atoms in total. The van der Waals surface area contributed by atoms with Crippen LogP contribution < -0.4 is 0 Å². The van der Waals surface area contributed by atoms with E-state index in [4.69, 9.17) is 15.7 Å². The van der Waals surface area contributed by atoms with Crippen molar-refractivity contribution in [3.8, 4) is 11.1 Å². The van der Waals surface area contributed by atoms with E-state index in [0.717, 1.165) is 55.2 Å². The first-order chi connectivity index (χ1) is 13.1. The van der Waals surface area contributed by atoms with Crippen LogP contribution in [0.2, 0.25) is 11.6 Å². The van der Waals surface area contributed by atoms with Crippen LogP contribution in [-0.4, -0.2) is 15.7 Å². The van der Waals surface area contributed by atoms with Crippen LogP contribution in [0.5, 0.6) is 0 Å². The van der Waals surface area contributed by atoms with Gasteiger partial charge >= 0.3 is 0 Å². The Morgan fingerprint density at radius 1 is 0.630 bits per heavy atom. The molecule has 2 aliphatic rings. The molecule has 0 bridgehead atoms. The normalized spacial score (nSPS) is 28.8. The standard InChI is InChI=1S/C24H27B2F/c25-21-10-5-17(6-11-21)16-1-3-18(4-2-16)20-9-14-23(24(27)15-20)19-7-12-22(26)13-8-19/h1-4,9,14-15,17,19,21-22H,5-8,10-13H2. The maximum Gasteiger partial charge on any atom is 0.127 e. The first kappa shape index (κ1) is 18.8. The van der Waals surface area contributed by atoms with Gasteiger partial charge in [-0.15, -0.1) is 0 Å². The lowest BCUT2D eigenvalue weighted by atomic mass is 9.70. The lowest BCUT2D eigenvalue weighted by Crippen LogP contribution is -2.11. The van der Waals surface area contributed by atoms with Gasteiger partial charge in [-0.2, -0.15) is 0 Å². The molecule has 2 aromatic rings. The Balaban J connectivity index is 1.47. The Hall–Kier alpha value is -1.50. The highest BCUT2D eigenvalue weighted by atomic mass is 19.1. The van der Waals surface area contributed by atoms with E-state index in [-0.39, 0.29) is 5.82 Å². The zero-order valence-corrected chi connectivity index (χ0v) is 16.0. The quantitative estimate of drug-likeness (QED) is 0.536. The topological polar surface area (TPSA) is 0 Å². The fraction of sp³-hybridized carbons (Fsp3) is 0.500. The Kier molecular flexibility index (Phi) is 5.76. The van der Waals surface area contributed by atoms with Crippen molar-refractivity contribution in [1.82, 2.24) is 0 Å². The molecule has 0 aromatic heterocycles. The molecule has 2 aromatic carbocycles. The summed E-state index contributed by atoms with van der Waals surface area (Å²) >= 11 is 0. The van der Waals surface area contributed by atoms with Gasteiger partial charge in [0.25, 0.3) is 0 Å². The van der Waals surface area contributed by atoms with E-state index < -0.39 is 0 Å². The van der Waals surface area contributed by atoms with Gasteiger partial charge in [-0.25, -0.2) is 4.39 Å². The van der Waals surface area contributed by atoms with E-state index >= 15 is 0 Å². The smallest absolute Gasteiger partial charge is 0.127 e. The molecule has 2 fully saturated rings. The van der Waals surface area contributed by atoms with Gasteiger partial charge in [0.15, 0.2) is 0 Å². The minimum atomic E-state index is -0.0710. The molecule has 136 valence electrons. The van der Waals surface area contributed by atoms with E-state index in [2.05, 4.69) is 30.3 Å². The van der Waals surface area contributed by atoms with E-state index in [0.29, 0.717) is 23.5 Å². The predicted molar refractivity (Wildman–Crippen MR) is 113 cm³/mol. The lowest BCUT2D eigenvalue weighted by molar-refractivity contribution is 0.430. The molecule has 4 radical (unpaired) electrons. The summed E-state index contributed by atoms with van der Waals surface area (Å²) in [5, 5.41) is 0. The summed E-state index contributed by atoms with van der Waals surface area (Å²) in [7, 11) is 12.0. The Morgan fingerprint density at radius 3 is 1.70 bits per heavy atom. The average molecular weight is 356 g/mol. The highest BCUT2D eigenvalue weighted by Crippen LogP contribution is 2.40. The second kappa shape index (κ2) is 8.25. The lowest BCUT2D eigenvalue weighted by Gasteiger charge is -2.27. The van der Waals surface area contributed by atoms with Gasteiger partial charge in [0.2, 0.25) is 0 Å². The molecule has 0 N–H and O–H groups in total.